The van der Waals surface area contributed by atoms with Crippen LogP contribution >= 0.6 is 11.6 Å². The molecule has 0 saturated heterocycles. The van der Waals surface area contributed by atoms with Crippen LogP contribution in [-0.4, -0.2) is 29.1 Å². The number of benzene rings is 1. The third-order valence-electron chi connectivity index (χ3n) is 2.57. The monoisotopic (exact) mass is 238 g/mol. The second kappa shape index (κ2) is 4.00. The Morgan fingerprint density at radius 1 is 1.38 bits per heavy atom. The van der Waals surface area contributed by atoms with E-state index in [0.717, 1.165) is 22.2 Å². The third-order valence-corrected chi connectivity index (χ3v) is 2.85. The van der Waals surface area contributed by atoms with Gasteiger partial charge in [-0.25, -0.2) is 0 Å². The van der Waals surface area contributed by atoms with Gasteiger partial charge < -0.3 is 15.0 Å². The molecule has 2 N–H and O–H groups in total. The fourth-order valence-corrected chi connectivity index (χ4v) is 2.14. The minimum absolute atomic E-state index is 0.182. The number of nitrogens with zero attached hydrogens (tertiary/aromatic N) is 1. The van der Waals surface area contributed by atoms with E-state index >= 15 is 0 Å². The number of phenols is 1. The number of phenolic OH excluding ortho intramolecular Hbond substituents is 1. The average Bonchev–Trinajstić information content (AvgIpc) is 2.53. The summed E-state index contributed by atoms with van der Waals surface area (Å²) in [5, 5.41) is 11.4. The van der Waals surface area contributed by atoms with E-state index in [1.807, 2.05) is 32.0 Å². The zero-order chi connectivity index (χ0) is 11.9. The summed E-state index contributed by atoms with van der Waals surface area (Å²) in [5.74, 6) is 0.182. The van der Waals surface area contributed by atoms with Crippen molar-refractivity contribution in [3.8, 4) is 5.75 Å². The molecule has 4 heteroatoms. The van der Waals surface area contributed by atoms with Gasteiger partial charge in [0.1, 0.15) is 5.75 Å². The summed E-state index contributed by atoms with van der Waals surface area (Å²) in [6.07, 6.45) is 0. The highest BCUT2D eigenvalue weighted by Gasteiger charge is 2.13. The molecule has 0 fully saturated rings. The largest absolute Gasteiger partial charge is 0.506 e. The Balaban J connectivity index is 2.70. The summed E-state index contributed by atoms with van der Waals surface area (Å²) in [5.41, 5.74) is 2.91. The highest BCUT2D eigenvalue weighted by molar-refractivity contribution is 6.33. The number of aryl methyl sites for hydroxylation is 1. The zero-order valence-corrected chi connectivity index (χ0v) is 10.4. The number of nitrogens with one attached hydrogen (secondary N) is 1. The van der Waals surface area contributed by atoms with Gasteiger partial charge in [-0.2, -0.15) is 0 Å². The van der Waals surface area contributed by atoms with Gasteiger partial charge in [0.25, 0.3) is 0 Å². The fourth-order valence-electron chi connectivity index (χ4n) is 1.92. The molecule has 0 amide bonds. The molecule has 0 aliphatic heterocycles. The molecule has 0 saturated carbocycles. The lowest BCUT2D eigenvalue weighted by molar-refractivity contribution is 0.388. The summed E-state index contributed by atoms with van der Waals surface area (Å²) in [7, 11) is 3.93. The Morgan fingerprint density at radius 3 is 2.69 bits per heavy atom. The Kier molecular flexibility index (Phi) is 2.82. The molecule has 0 aliphatic carbocycles. The van der Waals surface area contributed by atoms with Crippen LogP contribution in [0.25, 0.3) is 10.9 Å². The van der Waals surface area contributed by atoms with Crippen molar-refractivity contribution in [2.45, 2.75) is 13.5 Å². The molecule has 3 nitrogen and oxygen atoms in total. The average molecular weight is 239 g/mol. The number of hydrogen-bond donors (Lipinski definition) is 2. The van der Waals surface area contributed by atoms with Gasteiger partial charge in [-0.1, -0.05) is 11.6 Å². The Morgan fingerprint density at radius 2 is 2.06 bits per heavy atom. The van der Waals surface area contributed by atoms with Crippen LogP contribution in [0.4, 0.5) is 0 Å². The van der Waals surface area contributed by atoms with Crippen molar-refractivity contribution >= 4 is 22.5 Å². The topological polar surface area (TPSA) is 39.3 Å². The van der Waals surface area contributed by atoms with Crippen molar-refractivity contribution in [2.24, 2.45) is 0 Å². The van der Waals surface area contributed by atoms with Crippen molar-refractivity contribution in [1.29, 1.82) is 0 Å². The van der Waals surface area contributed by atoms with Crippen molar-refractivity contribution in [2.75, 3.05) is 14.1 Å². The Bertz CT molecular complexity index is 531. The van der Waals surface area contributed by atoms with Crippen LogP contribution in [0.1, 0.15) is 11.3 Å². The van der Waals surface area contributed by atoms with Gasteiger partial charge in [0.05, 0.1) is 5.02 Å². The van der Waals surface area contributed by atoms with E-state index in [1.54, 1.807) is 6.07 Å². The normalized spacial score (nSPS) is 11.6. The molecular weight excluding hydrogens is 224 g/mol. The van der Waals surface area contributed by atoms with Crippen molar-refractivity contribution < 1.29 is 5.11 Å². The summed E-state index contributed by atoms with van der Waals surface area (Å²) in [6.45, 7) is 2.66. The minimum atomic E-state index is 0.182. The molecule has 86 valence electrons. The molecule has 2 rings (SSSR count). The molecule has 0 atom stereocenters. The highest BCUT2D eigenvalue weighted by Crippen LogP contribution is 2.35. The minimum Gasteiger partial charge on any atom is -0.506 e. The first-order chi connectivity index (χ1) is 7.49. The molecule has 0 radical (unpaired) electrons. The van der Waals surface area contributed by atoms with E-state index in [2.05, 4.69) is 4.98 Å². The van der Waals surface area contributed by atoms with Gasteiger partial charge in [-0.05, 0) is 33.2 Å². The van der Waals surface area contributed by atoms with E-state index in [4.69, 9.17) is 11.6 Å². The van der Waals surface area contributed by atoms with E-state index in [-0.39, 0.29) is 5.75 Å². The first kappa shape index (κ1) is 11.3. The molecule has 16 heavy (non-hydrogen) atoms. The lowest BCUT2D eigenvalue weighted by atomic mass is 10.1. The van der Waals surface area contributed by atoms with Gasteiger partial charge in [0.2, 0.25) is 0 Å². The van der Waals surface area contributed by atoms with Gasteiger partial charge >= 0.3 is 0 Å². The fraction of sp³-hybridized carbons (Fsp3) is 0.333. The number of aromatic hydroxyl groups is 1. The van der Waals surface area contributed by atoms with Crippen LogP contribution in [0, 0.1) is 6.92 Å². The third kappa shape index (κ3) is 1.88. The molecule has 0 spiro atoms. The Labute approximate surface area is 99.6 Å². The predicted octanol–water partition coefficient (Wildman–Crippen LogP) is 2.90. The van der Waals surface area contributed by atoms with E-state index in [1.165, 1.54) is 0 Å². The van der Waals surface area contributed by atoms with Crippen molar-refractivity contribution in [3.05, 3.63) is 28.4 Å². The number of rotatable bonds is 2. The van der Waals surface area contributed by atoms with Crippen LogP contribution in [0.2, 0.25) is 5.02 Å². The van der Waals surface area contributed by atoms with E-state index in [0.29, 0.717) is 11.6 Å². The molecular formula is C12H15ClN2O. The number of H-pyrrole nitrogens is 1. The van der Waals surface area contributed by atoms with Crippen molar-refractivity contribution in [3.63, 3.8) is 0 Å². The number of hydrogen-bond acceptors (Lipinski definition) is 2. The SMILES string of the molecule is Cc1cc2c(CN(C)C)c(O)c(Cl)cc2[nH]1. The van der Waals surface area contributed by atoms with Gasteiger partial charge in [0.15, 0.2) is 0 Å². The standard InChI is InChI=1S/C12H15ClN2O/c1-7-4-8-9(6-15(2)3)12(16)10(13)5-11(8)14-7/h4-5,14,16H,6H2,1-3H3. The summed E-state index contributed by atoms with van der Waals surface area (Å²) >= 11 is 6.00. The smallest absolute Gasteiger partial charge is 0.139 e. The number of aromatic nitrogens is 1. The maximum atomic E-state index is 9.98. The number of fused-ring (bicyclic) bond motifs is 1. The van der Waals surface area contributed by atoms with Crippen LogP contribution in [0.15, 0.2) is 12.1 Å². The quantitative estimate of drug-likeness (QED) is 0.845. The van der Waals surface area contributed by atoms with E-state index < -0.39 is 0 Å². The lowest BCUT2D eigenvalue weighted by Gasteiger charge is -2.13. The summed E-state index contributed by atoms with van der Waals surface area (Å²) in [4.78, 5) is 5.23. The molecule has 1 aromatic heterocycles. The molecule has 1 heterocycles. The van der Waals surface area contributed by atoms with Crippen LogP contribution < -0.4 is 0 Å². The zero-order valence-electron chi connectivity index (χ0n) is 9.63. The molecule has 2 aromatic rings. The van der Waals surface area contributed by atoms with E-state index in [9.17, 15) is 5.11 Å². The number of halogens is 1. The lowest BCUT2D eigenvalue weighted by Crippen LogP contribution is -2.11. The second-order valence-corrected chi connectivity index (χ2v) is 4.74. The second-order valence-electron chi connectivity index (χ2n) is 4.34. The molecule has 0 unspecified atom stereocenters. The highest BCUT2D eigenvalue weighted by atomic mass is 35.5. The first-order valence-corrected chi connectivity index (χ1v) is 5.51. The number of aromatic amines is 1. The summed E-state index contributed by atoms with van der Waals surface area (Å²) < 4.78 is 0. The Hall–Kier alpha value is -1.19. The van der Waals surface area contributed by atoms with Gasteiger partial charge in [-0.15, -0.1) is 0 Å². The molecule has 0 bridgehead atoms. The molecule has 1 aromatic carbocycles. The van der Waals surface area contributed by atoms with Crippen LogP contribution in [0.3, 0.4) is 0 Å². The first-order valence-electron chi connectivity index (χ1n) is 5.13. The van der Waals surface area contributed by atoms with Crippen LogP contribution in [0.5, 0.6) is 5.75 Å². The maximum absolute atomic E-state index is 9.98. The van der Waals surface area contributed by atoms with Gasteiger partial charge in [0, 0.05) is 28.7 Å². The van der Waals surface area contributed by atoms with Crippen LogP contribution in [-0.2, 0) is 6.54 Å². The maximum Gasteiger partial charge on any atom is 0.139 e. The van der Waals surface area contributed by atoms with Crippen molar-refractivity contribution in [1.82, 2.24) is 9.88 Å². The molecule has 0 aliphatic rings. The van der Waals surface area contributed by atoms with Gasteiger partial charge in [-0.3, -0.25) is 0 Å². The predicted molar refractivity (Wildman–Crippen MR) is 67.1 cm³/mol. The summed E-state index contributed by atoms with van der Waals surface area (Å²) in [6, 6.07) is 3.79.